The van der Waals surface area contributed by atoms with Gasteiger partial charge in [-0.05, 0) is 0 Å². The number of ether oxygens (including phenoxy) is 1. The molecule has 0 saturated heterocycles. The fourth-order valence-electron chi connectivity index (χ4n) is 0.439. The second-order valence-electron chi connectivity index (χ2n) is 1.58. The summed E-state index contributed by atoms with van der Waals surface area (Å²) in [6.45, 7) is 1.22. The summed E-state index contributed by atoms with van der Waals surface area (Å²) >= 11 is 0. The third-order valence-electron chi connectivity index (χ3n) is 0.720. The summed E-state index contributed by atoms with van der Waals surface area (Å²) in [7, 11) is 0. The van der Waals surface area contributed by atoms with Gasteiger partial charge in [0.1, 0.15) is 0 Å². The van der Waals surface area contributed by atoms with Crippen LogP contribution in [0.4, 0.5) is 0 Å². The van der Waals surface area contributed by atoms with E-state index in [0.717, 1.165) is 0 Å². The maximum absolute atomic E-state index is 10.3. The van der Waals surface area contributed by atoms with Crippen LogP contribution in [0.3, 0.4) is 0 Å². The van der Waals surface area contributed by atoms with Crippen LogP contribution in [0.25, 0.3) is 0 Å². The number of carbonyl (C=O) groups excluding carboxylic acids is 1. The van der Waals surface area contributed by atoms with Gasteiger partial charge in [0.25, 0.3) is 0 Å². The maximum atomic E-state index is 10.3. The Bertz CT molecular complexity index is 286. The van der Waals surface area contributed by atoms with Crippen molar-refractivity contribution < 1.29 is 9.53 Å². The molecular weight excluding hydrogens is 138 g/mol. The number of hydrogen-bond acceptors (Lipinski definition) is 4. The molecule has 0 amide bonds. The van der Waals surface area contributed by atoms with Crippen LogP contribution in [0.15, 0.2) is 4.79 Å². The average Bonchev–Trinajstić information content (AvgIpc) is 2.13. The van der Waals surface area contributed by atoms with Crippen LogP contribution in [0.5, 0.6) is 6.01 Å². The first kappa shape index (κ1) is 6.53. The van der Waals surface area contributed by atoms with E-state index in [1.165, 1.54) is 6.92 Å². The predicted octanol–water partition coefficient (Wildman–Crippen LogP) is -0.977. The molecule has 0 saturated carbocycles. The van der Waals surface area contributed by atoms with Crippen LogP contribution in [0, 0.1) is 0 Å². The number of aromatic amines is 2. The van der Waals surface area contributed by atoms with E-state index in [4.69, 9.17) is 0 Å². The lowest BCUT2D eigenvalue weighted by Gasteiger charge is -1.89. The van der Waals surface area contributed by atoms with Gasteiger partial charge in [0, 0.05) is 6.92 Å². The first-order valence-electron chi connectivity index (χ1n) is 2.51. The molecule has 6 nitrogen and oxygen atoms in total. The van der Waals surface area contributed by atoms with Crippen LogP contribution in [0.1, 0.15) is 6.92 Å². The number of nitrogens with zero attached hydrogens (tertiary/aromatic N) is 1. The normalized spacial score (nSPS) is 9.30. The second kappa shape index (κ2) is 2.34. The summed E-state index contributed by atoms with van der Waals surface area (Å²) in [5, 5.41) is 5.36. The number of rotatable bonds is 1. The molecule has 0 atom stereocenters. The quantitative estimate of drug-likeness (QED) is 0.495. The summed E-state index contributed by atoms with van der Waals surface area (Å²) in [5.41, 5.74) is -0.503. The van der Waals surface area contributed by atoms with Crippen molar-refractivity contribution in [2.75, 3.05) is 0 Å². The zero-order valence-corrected chi connectivity index (χ0v) is 5.17. The van der Waals surface area contributed by atoms with Gasteiger partial charge in [0.2, 0.25) is 0 Å². The van der Waals surface area contributed by atoms with Crippen LogP contribution in [-0.2, 0) is 4.79 Å². The molecule has 1 aromatic heterocycles. The van der Waals surface area contributed by atoms with E-state index in [9.17, 15) is 9.59 Å². The average molecular weight is 143 g/mol. The number of H-pyrrole nitrogens is 2. The van der Waals surface area contributed by atoms with Crippen molar-refractivity contribution >= 4 is 5.97 Å². The van der Waals surface area contributed by atoms with Crippen LogP contribution in [0.2, 0.25) is 0 Å². The van der Waals surface area contributed by atoms with Crippen molar-refractivity contribution in [3.63, 3.8) is 0 Å². The van der Waals surface area contributed by atoms with Gasteiger partial charge in [0.05, 0.1) is 0 Å². The van der Waals surface area contributed by atoms with E-state index in [2.05, 4.69) is 14.8 Å². The van der Waals surface area contributed by atoms with Gasteiger partial charge in [-0.1, -0.05) is 0 Å². The largest absolute Gasteiger partial charge is 0.391 e. The molecule has 0 bridgehead atoms. The monoisotopic (exact) mass is 143 g/mol. The van der Waals surface area contributed by atoms with Crippen LogP contribution >= 0.6 is 0 Å². The van der Waals surface area contributed by atoms with Crippen molar-refractivity contribution in [3.05, 3.63) is 10.5 Å². The molecule has 1 rings (SSSR count). The Morgan fingerprint density at radius 3 is 2.80 bits per heavy atom. The smallest absolute Gasteiger partial charge is 0.343 e. The molecule has 0 fully saturated rings. The Balaban J connectivity index is 2.76. The predicted molar refractivity (Wildman–Crippen MR) is 30.5 cm³/mol. The molecule has 10 heavy (non-hydrogen) atoms. The molecule has 0 radical (unpaired) electrons. The third kappa shape index (κ3) is 1.44. The first-order valence-corrected chi connectivity index (χ1v) is 2.51. The Morgan fingerprint density at radius 1 is 1.70 bits per heavy atom. The van der Waals surface area contributed by atoms with E-state index in [1.54, 1.807) is 0 Å². The highest BCUT2D eigenvalue weighted by Crippen LogP contribution is 1.91. The zero-order chi connectivity index (χ0) is 7.56. The second-order valence-corrected chi connectivity index (χ2v) is 1.58. The van der Waals surface area contributed by atoms with Crippen molar-refractivity contribution in [2.24, 2.45) is 0 Å². The molecule has 0 unspecified atom stereocenters. The van der Waals surface area contributed by atoms with Gasteiger partial charge < -0.3 is 4.74 Å². The number of esters is 1. The highest BCUT2D eigenvalue weighted by Gasteiger charge is 1.99. The molecule has 2 N–H and O–H groups in total. The Labute approximate surface area is 55.2 Å². The van der Waals surface area contributed by atoms with Crippen molar-refractivity contribution in [3.8, 4) is 6.01 Å². The topological polar surface area (TPSA) is 87.8 Å². The fraction of sp³-hybridized carbons (Fsp3) is 0.250. The van der Waals surface area contributed by atoms with E-state index in [1.807, 2.05) is 5.10 Å². The maximum Gasteiger partial charge on any atom is 0.343 e. The van der Waals surface area contributed by atoms with Gasteiger partial charge >= 0.3 is 17.7 Å². The van der Waals surface area contributed by atoms with Crippen molar-refractivity contribution in [2.45, 2.75) is 6.92 Å². The van der Waals surface area contributed by atoms with E-state index >= 15 is 0 Å². The number of aromatic nitrogens is 3. The first-order chi connectivity index (χ1) is 4.68. The Kier molecular flexibility index (Phi) is 1.53. The lowest BCUT2D eigenvalue weighted by atomic mass is 10.8. The summed E-state index contributed by atoms with van der Waals surface area (Å²) in [6, 6.07) is -0.113. The molecule has 0 spiro atoms. The molecule has 0 aliphatic rings. The summed E-state index contributed by atoms with van der Waals surface area (Å²) in [4.78, 5) is 22.7. The summed E-state index contributed by atoms with van der Waals surface area (Å²) in [6.07, 6.45) is 0. The third-order valence-corrected chi connectivity index (χ3v) is 0.720. The fourth-order valence-corrected chi connectivity index (χ4v) is 0.439. The van der Waals surface area contributed by atoms with Gasteiger partial charge in [-0.3, -0.25) is 9.78 Å². The molecule has 6 heteroatoms. The van der Waals surface area contributed by atoms with Crippen LogP contribution in [-0.4, -0.2) is 21.2 Å². The number of nitrogens with one attached hydrogen (secondary N) is 2. The summed E-state index contributed by atoms with van der Waals surface area (Å²) in [5.74, 6) is -0.525. The lowest BCUT2D eigenvalue weighted by molar-refractivity contribution is -0.132. The summed E-state index contributed by atoms with van der Waals surface area (Å²) < 4.78 is 4.40. The van der Waals surface area contributed by atoms with Crippen molar-refractivity contribution in [1.82, 2.24) is 15.2 Å². The minimum Gasteiger partial charge on any atom is -0.391 e. The molecule has 0 aromatic carbocycles. The van der Waals surface area contributed by atoms with E-state index < -0.39 is 11.7 Å². The standard InChI is InChI=1S/C4H5N3O3/c1-2(8)10-4-5-3(9)6-7-4/h1H3,(H2,5,6,7,9). The molecular formula is C4H5N3O3. The van der Waals surface area contributed by atoms with Gasteiger partial charge in [0.15, 0.2) is 0 Å². The molecule has 1 aromatic rings. The lowest BCUT2D eigenvalue weighted by Crippen LogP contribution is -2.04. The highest BCUT2D eigenvalue weighted by molar-refractivity contribution is 5.68. The minimum atomic E-state index is -0.525. The van der Waals surface area contributed by atoms with Gasteiger partial charge in [-0.25, -0.2) is 9.89 Å². The number of hydrogen-bond donors (Lipinski definition) is 2. The van der Waals surface area contributed by atoms with Crippen molar-refractivity contribution in [1.29, 1.82) is 0 Å². The Hall–Kier alpha value is -1.59. The molecule has 0 aliphatic carbocycles. The Morgan fingerprint density at radius 2 is 2.40 bits per heavy atom. The molecule has 0 aliphatic heterocycles. The van der Waals surface area contributed by atoms with Gasteiger partial charge in [-0.2, -0.15) is 0 Å². The van der Waals surface area contributed by atoms with E-state index in [0.29, 0.717) is 0 Å². The van der Waals surface area contributed by atoms with Crippen LogP contribution < -0.4 is 10.4 Å². The molecule has 54 valence electrons. The SMILES string of the molecule is CC(=O)Oc1n[nH]c(=O)[nH]1. The molecule has 1 heterocycles. The zero-order valence-electron chi connectivity index (χ0n) is 5.17. The highest BCUT2D eigenvalue weighted by atomic mass is 16.5. The van der Waals surface area contributed by atoms with E-state index in [-0.39, 0.29) is 6.01 Å². The van der Waals surface area contributed by atoms with Gasteiger partial charge in [-0.15, -0.1) is 5.10 Å². The number of carbonyl (C=O) groups is 1. The minimum absolute atomic E-state index is 0.113.